The number of ether oxygens (including phenoxy) is 2. The summed E-state index contributed by atoms with van der Waals surface area (Å²) in [7, 11) is 5.31. The summed E-state index contributed by atoms with van der Waals surface area (Å²) in [4.78, 5) is 4.47. The predicted molar refractivity (Wildman–Crippen MR) is 84.7 cm³/mol. The molecule has 1 unspecified atom stereocenters. The molecule has 6 heteroatoms. The van der Waals surface area contributed by atoms with Crippen LogP contribution < -0.4 is 9.47 Å². The first kappa shape index (κ1) is 16.1. The number of rotatable bonds is 4. The van der Waals surface area contributed by atoms with Crippen molar-refractivity contribution in [3.8, 4) is 17.6 Å². The molecule has 5 nitrogen and oxygen atoms in total. The van der Waals surface area contributed by atoms with Crippen molar-refractivity contribution in [2.24, 2.45) is 0 Å². The molecule has 0 saturated carbocycles. The number of nitriles is 1. The van der Waals surface area contributed by atoms with Gasteiger partial charge in [-0.1, -0.05) is 15.9 Å². The Labute approximate surface area is 134 Å². The maximum absolute atomic E-state index is 9.61. The van der Waals surface area contributed by atoms with Crippen LogP contribution in [0.4, 0.5) is 0 Å². The largest absolute Gasteiger partial charge is 0.493 e. The normalized spacial score (nSPS) is 18.0. The predicted octanol–water partition coefficient (Wildman–Crippen LogP) is 2.28. The lowest BCUT2D eigenvalue weighted by Gasteiger charge is -2.35. The molecule has 1 atom stereocenters. The van der Waals surface area contributed by atoms with Crippen LogP contribution in [0.2, 0.25) is 0 Å². The lowest BCUT2D eigenvalue weighted by atomic mass is 10.0. The molecule has 1 aromatic carbocycles. The summed E-state index contributed by atoms with van der Waals surface area (Å²) in [6.07, 6.45) is 0. The summed E-state index contributed by atoms with van der Waals surface area (Å²) in [5.41, 5.74) is 0.916. The highest BCUT2D eigenvalue weighted by atomic mass is 79.9. The molecule has 1 heterocycles. The molecule has 0 radical (unpaired) electrons. The molecule has 114 valence electrons. The summed E-state index contributed by atoms with van der Waals surface area (Å²) in [5, 5.41) is 9.61. The maximum atomic E-state index is 9.61. The van der Waals surface area contributed by atoms with Gasteiger partial charge in [0.05, 0.1) is 20.3 Å². The highest BCUT2D eigenvalue weighted by Gasteiger charge is 2.26. The molecule has 1 fully saturated rings. The van der Waals surface area contributed by atoms with Gasteiger partial charge in [0.15, 0.2) is 11.5 Å². The number of piperazine rings is 1. The van der Waals surface area contributed by atoms with E-state index in [0.29, 0.717) is 11.5 Å². The Morgan fingerprint density at radius 2 is 1.71 bits per heavy atom. The third-order valence-corrected chi connectivity index (χ3v) is 4.51. The third kappa shape index (κ3) is 3.49. The van der Waals surface area contributed by atoms with E-state index in [-0.39, 0.29) is 6.04 Å². The first-order valence-corrected chi connectivity index (χ1v) is 7.63. The second kappa shape index (κ2) is 7.12. The van der Waals surface area contributed by atoms with Crippen LogP contribution in [-0.2, 0) is 0 Å². The number of likely N-dealkylation sites (N-methyl/N-ethyl adjacent to an activating group) is 1. The third-order valence-electron chi connectivity index (χ3n) is 3.82. The van der Waals surface area contributed by atoms with Crippen LogP contribution in [0.15, 0.2) is 16.6 Å². The van der Waals surface area contributed by atoms with E-state index >= 15 is 0 Å². The van der Waals surface area contributed by atoms with Crippen LogP contribution in [0.1, 0.15) is 11.6 Å². The van der Waals surface area contributed by atoms with E-state index in [0.717, 1.165) is 36.2 Å². The van der Waals surface area contributed by atoms with Gasteiger partial charge in [0.2, 0.25) is 0 Å². The van der Waals surface area contributed by atoms with Crippen molar-refractivity contribution in [1.82, 2.24) is 9.80 Å². The van der Waals surface area contributed by atoms with Gasteiger partial charge in [-0.15, -0.1) is 0 Å². The molecule has 0 spiro atoms. The minimum Gasteiger partial charge on any atom is -0.493 e. The van der Waals surface area contributed by atoms with E-state index < -0.39 is 0 Å². The Morgan fingerprint density at radius 3 is 2.24 bits per heavy atom. The van der Waals surface area contributed by atoms with Gasteiger partial charge in [0.25, 0.3) is 0 Å². The summed E-state index contributed by atoms with van der Waals surface area (Å²) >= 11 is 3.55. The molecule has 0 aromatic heterocycles. The van der Waals surface area contributed by atoms with Crippen LogP contribution in [-0.4, -0.2) is 57.2 Å². The molecular weight excluding hydrogens is 334 g/mol. The summed E-state index contributed by atoms with van der Waals surface area (Å²) in [5.74, 6) is 1.30. The van der Waals surface area contributed by atoms with Gasteiger partial charge in [-0.05, 0) is 19.2 Å². The zero-order valence-electron chi connectivity index (χ0n) is 12.6. The monoisotopic (exact) mass is 353 g/mol. The lowest BCUT2D eigenvalue weighted by Crippen LogP contribution is -2.45. The second-order valence-electron chi connectivity index (χ2n) is 5.10. The topological polar surface area (TPSA) is 48.7 Å². The molecule has 21 heavy (non-hydrogen) atoms. The molecule has 1 saturated heterocycles. The van der Waals surface area contributed by atoms with Crippen LogP contribution in [0.25, 0.3) is 0 Å². The maximum Gasteiger partial charge on any atom is 0.161 e. The van der Waals surface area contributed by atoms with E-state index in [2.05, 4.69) is 38.8 Å². The first-order valence-electron chi connectivity index (χ1n) is 6.84. The second-order valence-corrected chi connectivity index (χ2v) is 5.95. The fourth-order valence-corrected chi connectivity index (χ4v) is 3.05. The summed E-state index contributed by atoms with van der Waals surface area (Å²) < 4.78 is 11.5. The minimum absolute atomic E-state index is 0.284. The smallest absolute Gasteiger partial charge is 0.161 e. The zero-order valence-corrected chi connectivity index (χ0v) is 14.2. The van der Waals surface area contributed by atoms with Crippen molar-refractivity contribution in [1.29, 1.82) is 5.26 Å². The summed E-state index contributed by atoms with van der Waals surface area (Å²) in [6, 6.07) is 5.87. The molecule has 0 amide bonds. The van der Waals surface area contributed by atoms with Gasteiger partial charge >= 0.3 is 0 Å². The van der Waals surface area contributed by atoms with E-state index in [1.165, 1.54) is 0 Å². The number of halogens is 1. The van der Waals surface area contributed by atoms with Gasteiger partial charge < -0.3 is 14.4 Å². The molecule has 1 aliphatic rings. The molecular formula is C15H20BrN3O2. The van der Waals surface area contributed by atoms with Crippen molar-refractivity contribution < 1.29 is 9.47 Å². The molecule has 2 rings (SSSR count). The SMILES string of the molecule is COc1cc(Br)c(C(C#N)N2CCN(C)CC2)cc1OC. The lowest BCUT2D eigenvalue weighted by molar-refractivity contribution is 0.132. The van der Waals surface area contributed by atoms with Gasteiger partial charge in [-0.25, -0.2) is 0 Å². The Balaban J connectivity index is 2.32. The quantitative estimate of drug-likeness (QED) is 0.830. The van der Waals surface area contributed by atoms with Crippen molar-refractivity contribution in [3.05, 3.63) is 22.2 Å². The minimum atomic E-state index is -0.284. The Kier molecular flexibility index (Phi) is 5.45. The Hall–Kier alpha value is -1.29. The van der Waals surface area contributed by atoms with Gasteiger partial charge in [0.1, 0.15) is 6.04 Å². The van der Waals surface area contributed by atoms with E-state index in [1.54, 1.807) is 14.2 Å². The standard InChI is InChI=1S/C15H20BrN3O2/c1-18-4-6-19(7-5-18)13(10-17)11-8-14(20-2)15(21-3)9-12(11)16/h8-9,13H,4-7H2,1-3H3. The Morgan fingerprint density at radius 1 is 1.14 bits per heavy atom. The van der Waals surface area contributed by atoms with Crippen LogP contribution in [0, 0.1) is 11.3 Å². The van der Waals surface area contributed by atoms with Gasteiger partial charge in [0, 0.05) is 36.2 Å². The van der Waals surface area contributed by atoms with Crippen molar-refractivity contribution in [2.45, 2.75) is 6.04 Å². The van der Waals surface area contributed by atoms with Gasteiger partial charge in [-0.2, -0.15) is 5.26 Å². The van der Waals surface area contributed by atoms with Crippen LogP contribution >= 0.6 is 15.9 Å². The molecule has 0 aliphatic carbocycles. The highest BCUT2D eigenvalue weighted by Crippen LogP contribution is 2.37. The molecule has 0 N–H and O–H groups in total. The van der Waals surface area contributed by atoms with Crippen molar-refractivity contribution in [3.63, 3.8) is 0 Å². The van der Waals surface area contributed by atoms with E-state index in [1.807, 2.05) is 12.1 Å². The molecule has 1 aromatic rings. The average molecular weight is 354 g/mol. The number of methoxy groups -OCH3 is 2. The van der Waals surface area contributed by atoms with Gasteiger partial charge in [-0.3, -0.25) is 4.90 Å². The molecule has 1 aliphatic heterocycles. The Bertz CT molecular complexity index is 536. The first-order chi connectivity index (χ1) is 10.1. The number of benzene rings is 1. The number of hydrogen-bond donors (Lipinski definition) is 0. The van der Waals surface area contributed by atoms with E-state index in [4.69, 9.17) is 9.47 Å². The fourth-order valence-electron chi connectivity index (χ4n) is 2.51. The van der Waals surface area contributed by atoms with Crippen LogP contribution in [0.5, 0.6) is 11.5 Å². The van der Waals surface area contributed by atoms with Crippen molar-refractivity contribution in [2.75, 3.05) is 47.4 Å². The fraction of sp³-hybridized carbons (Fsp3) is 0.533. The molecule has 0 bridgehead atoms. The zero-order chi connectivity index (χ0) is 15.4. The average Bonchev–Trinajstić information content (AvgIpc) is 2.50. The van der Waals surface area contributed by atoms with E-state index in [9.17, 15) is 5.26 Å². The summed E-state index contributed by atoms with van der Waals surface area (Å²) in [6.45, 7) is 3.72. The number of hydrogen-bond acceptors (Lipinski definition) is 5. The van der Waals surface area contributed by atoms with Crippen LogP contribution in [0.3, 0.4) is 0 Å². The highest BCUT2D eigenvalue weighted by molar-refractivity contribution is 9.10. The van der Waals surface area contributed by atoms with Crippen molar-refractivity contribution >= 4 is 15.9 Å². The number of nitrogens with zero attached hydrogens (tertiary/aromatic N) is 3.